The second-order valence-electron chi connectivity index (χ2n) is 6.63. The molecule has 1 saturated heterocycles. The Hall–Kier alpha value is -2.80. The highest BCUT2D eigenvalue weighted by molar-refractivity contribution is 5.43. The Kier molecular flexibility index (Phi) is 5.71. The summed E-state index contributed by atoms with van der Waals surface area (Å²) < 4.78 is 85.7. The summed E-state index contributed by atoms with van der Waals surface area (Å²) in [6.45, 7) is -0.0878. The molecule has 1 fully saturated rings. The standard InChI is InChI=1S/C19H15F6N3O/c20-18(21,22)16-7-11(1-2-12(16)9-26)15-8-13(28-17(15)19(23,24)25)10-29-14-3-5-27-6-4-14/h1-7,13,15,17,28H,8,10H2/t13-,15?,17+/m0/s1. The Morgan fingerprint density at radius 1 is 1.10 bits per heavy atom. The van der Waals surface area contributed by atoms with Crippen molar-refractivity contribution in [3.63, 3.8) is 0 Å². The lowest BCUT2D eigenvalue weighted by molar-refractivity contribution is -0.156. The molecule has 0 saturated carbocycles. The molecule has 1 unspecified atom stereocenters. The number of rotatable bonds is 4. The van der Waals surface area contributed by atoms with E-state index in [2.05, 4.69) is 10.3 Å². The fourth-order valence-corrected chi connectivity index (χ4v) is 3.40. The summed E-state index contributed by atoms with van der Waals surface area (Å²) >= 11 is 0. The summed E-state index contributed by atoms with van der Waals surface area (Å²) in [7, 11) is 0. The Labute approximate surface area is 162 Å². The SMILES string of the molecule is N#Cc1ccc(C2C[C@@H](COc3ccncc3)N[C@H]2C(F)(F)F)cc1C(F)(F)F. The number of pyridine rings is 1. The molecule has 1 aliphatic heterocycles. The van der Waals surface area contributed by atoms with E-state index in [1.807, 2.05) is 0 Å². The van der Waals surface area contributed by atoms with Crippen LogP contribution in [0.2, 0.25) is 0 Å². The minimum Gasteiger partial charge on any atom is -0.492 e. The van der Waals surface area contributed by atoms with E-state index in [0.717, 1.165) is 12.1 Å². The topological polar surface area (TPSA) is 57.9 Å². The van der Waals surface area contributed by atoms with E-state index in [9.17, 15) is 26.3 Å². The minimum atomic E-state index is -4.84. The van der Waals surface area contributed by atoms with Crippen molar-refractivity contribution >= 4 is 0 Å². The zero-order valence-electron chi connectivity index (χ0n) is 14.8. The van der Waals surface area contributed by atoms with Crippen LogP contribution in [0.25, 0.3) is 0 Å². The molecule has 0 radical (unpaired) electrons. The van der Waals surface area contributed by atoms with Crippen molar-refractivity contribution in [1.82, 2.24) is 10.3 Å². The maximum Gasteiger partial charge on any atom is 0.417 e. The van der Waals surface area contributed by atoms with Gasteiger partial charge < -0.3 is 4.74 Å². The Morgan fingerprint density at radius 2 is 1.79 bits per heavy atom. The molecule has 1 N–H and O–H groups in total. The first-order chi connectivity index (χ1) is 13.6. The summed E-state index contributed by atoms with van der Waals surface area (Å²) in [6, 6.07) is 4.46. The van der Waals surface area contributed by atoms with Crippen molar-refractivity contribution in [2.75, 3.05) is 6.61 Å². The number of aromatic nitrogens is 1. The largest absolute Gasteiger partial charge is 0.492 e. The summed E-state index contributed by atoms with van der Waals surface area (Å²) in [4.78, 5) is 3.80. The van der Waals surface area contributed by atoms with Gasteiger partial charge in [-0.2, -0.15) is 31.6 Å². The van der Waals surface area contributed by atoms with Crippen molar-refractivity contribution in [2.45, 2.75) is 36.8 Å². The van der Waals surface area contributed by atoms with Crippen LogP contribution in [0.3, 0.4) is 0 Å². The van der Waals surface area contributed by atoms with Crippen molar-refractivity contribution in [2.24, 2.45) is 0 Å². The van der Waals surface area contributed by atoms with E-state index in [0.29, 0.717) is 11.8 Å². The monoisotopic (exact) mass is 415 g/mol. The van der Waals surface area contributed by atoms with Crippen LogP contribution in [0.1, 0.15) is 29.0 Å². The number of hydrogen-bond acceptors (Lipinski definition) is 4. The van der Waals surface area contributed by atoms with Gasteiger partial charge in [0.1, 0.15) is 18.4 Å². The molecule has 0 amide bonds. The Bertz CT molecular complexity index is 892. The molecule has 3 atom stereocenters. The van der Waals surface area contributed by atoms with Crippen LogP contribution in [-0.4, -0.2) is 29.9 Å². The fourth-order valence-electron chi connectivity index (χ4n) is 3.40. The quantitative estimate of drug-likeness (QED) is 0.751. The van der Waals surface area contributed by atoms with Gasteiger partial charge in [-0.25, -0.2) is 0 Å². The predicted octanol–water partition coefficient (Wildman–Crippen LogP) is 4.43. The number of hydrogen-bond donors (Lipinski definition) is 1. The molecular weight excluding hydrogens is 400 g/mol. The molecule has 0 bridgehead atoms. The highest BCUT2D eigenvalue weighted by atomic mass is 19.4. The van der Waals surface area contributed by atoms with Gasteiger partial charge in [-0.3, -0.25) is 10.3 Å². The molecule has 2 heterocycles. The van der Waals surface area contributed by atoms with E-state index in [1.54, 1.807) is 12.1 Å². The first-order valence-electron chi connectivity index (χ1n) is 8.56. The predicted molar refractivity (Wildman–Crippen MR) is 90.0 cm³/mol. The zero-order chi connectivity index (χ0) is 21.2. The van der Waals surface area contributed by atoms with Crippen LogP contribution < -0.4 is 10.1 Å². The third-order valence-corrected chi connectivity index (χ3v) is 4.71. The van der Waals surface area contributed by atoms with Crippen LogP contribution >= 0.6 is 0 Å². The lowest BCUT2D eigenvalue weighted by Gasteiger charge is -2.23. The average molecular weight is 415 g/mol. The maximum absolute atomic E-state index is 13.5. The van der Waals surface area contributed by atoms with Gasteiger partial charge in [0.2, 0.25) is 0 Å². The third-order valence-electron chi connectivity index (χ3n) is 4.71. The molecular formula is C19H15F6N3O. The van der Waals surface area contributed by atoms with Gasteiger partial charge in [0.25, 0.3) is 0 Å². The first kappa shape index (κ1) is 20.9. The average Bonchev–Trinajstić information content (AvgIpc) is 3.11. The molecule has 154 valence electrons. The second kappa shape index (κ2) is 7.91. The molecule has 1 aliphatic rings. The van der Waals surface area contributed by atoms with Gasteiger partial charge in [0, 0.05) is 24.4 Å². The number of ether oxygens (including phenoxy) is 1. The fraction of sp³-hybridized carbons (Fsp3) is 0.368. The van der Waals surface area contributed by atoms with Crippen LogP contribution in [0.5, 0.6) is 5.75 Å². The number of nitriles is 1. The smallest absolute Gasteiger partial charge is 0.417 e. The molecule has 1 aromatic heterocycles. The summed E-state index contributed by atoms with van der Waals surface area (Å²) in [5, 5.41) is 11.3. The van der Waals surface area contributed by atoms with E-state index in [-0.39, 0.29) is 18.6 Å². The Morgan fingerprint density at radius 3 is 2.38 bits per heavy atom. The Balaban J connectivity index is 1.85. The third kappa shape index (κ3) is 4.79. The maximum atomic E-state index is 13.5. The van der Waals surface area contributed by atoms with Crippen molar-refractivity contribution in [1.29, 1.82) is 5.26 Å². The molecule has 4 nitrogen and oxygen atoms in total. The number of nitrogens with one attached hydrogen (secondary N) is 1. The number of nitrogens with zero attached hydrogens (tertiary/aromatic N) is 2. The lowest BCUT2D eigenvalue weighted by Crippen LogP contribution is -2.44. The molecule has 10 heteroatoms. The first-order valence-corrected chi connectivity index (χ1v) is 8.56. The summed E-state index contributed by atoms with van der Waals surface area (Å²) in [6.07, 6.45) is -6.65. The number of halogens is 6. The van der Waals surface area contributed by atoms with Crippen LogP contribution in [-0.2, 0) is 6.18 Å². The van der Waals surface area contributed by atoms with Gasteiger partial charge in [-0.05, 0) is 36.2 Å². The van der Waals surface area contributed by atoms with Crippen LogP contribution in [0.4, 0.5) is 26.3 Å². The van der Waals surface area contributed by atoms with Gasteiger partial charge in [-0.15, -0.1) is 0 Å². The molecule has 29 heavy (non-hydrogen) atoms. The van der Waals surface area contributed by atoms with Crippen molar-refractivity contribution in [3.05, 3.63) is 59.4 Å². The molecule has 1 aromatic carbocycles. The van der Waals surface area contributed by atoms with Gasteiger partial charge in [0.05, 0.1) is 17.2 Å². The highest BCUT2D eigenvalue weighted by Gasteiger charge is 2.51. The van der Waals surface area contributed by atoms with Crippen LogP contribution in [0.15, 0.2) is 42.7 Å². The van der Waals surface area contributed by atoms with E-state index >= 15 is 0 Å². The van der Waals surface area contributed by atoms with E-state index in [4.69, 9.17) is 10.00 Å². The van der Waals surface area contributed by atoms with Crippen molar-refractivity contribution < 1.29 is 31.1 Å². The molecule has 0 aliphatic carbocycles. The van der Waals surface area contributed by atoms with Crippen LogP contribution in [0, 0.1) is 11.3 Å². The highest BCUT2D eigenvalue weighted by Crippen LogP contribution is 2.42. The van der Waals surface area contributed by atoms with Crippen molar-refractivity contribution in [3.8, 4) is 11.8 Å². The van der Waals surface area contributed by atoms with E-state index < -0.39 is 41.5 Å². The molecule has 3 rings (SSSR count). The van der Waals surface area contributed by atoms with Gasteiger partial charge in [-0.1, -0.05) is 6.07 Å². The lowest BCUT2D eigenvalue weighted by atomic mass is 9.88. The molecule has 0 spiro atoms. The minimum absolute atomic E-state index is 0.0710. The molecule has 2 aromatic rings. The number of benzene rings is 1. The van der Waals surface area contributed by atoms with Gasteiger partial charge >= 0.3 is 12.4 Å². The zero-order valence-corrected chi connectivity index (χ0v) is 14.8. The normalized spacial score (nSPS) is 22.3. The number of alkyl halides is 6. The van der Waals surface area contributed by atoms with Gasteiger partial charge in [0.15, 0.2) is 0 Å². The summed E-state index contributed by atoms with van der Waals surface area (Å²) in [5.41, 5.74) is -2.00. The summed E-state index contributed by atoms with van der Waals surface area (Å²) in [5.74, 6) is -0.818. The van der Waals surface area contributed by atoms with E-state index in [1.165, 1.54) is 18.5 Å². The second-order valence-corrected chi connectivity index (χ2v) is 6.63.